The van der Waals surface area contributed by atoms with E-state index < -0.39 is 12.0 Å². The number of carbonyl (C=O) groups is 1. The molecule has 1 saturated heterocycles. The van der Waals surface area contributed by atoms with Crippen molar-refractivity contribution < 1.29 is 14.6 Å². The third-order valence-electron chi connectivity index (χ3n) is 4.39. The predicted octanol–water partition coefficient (Wildman–Crippen LogP) is 0.854. The molecule has 1 fully saturated rings. The third-order valence-corrected chi connectivity index (χ3v) is 4.39. The number of anilines is 1. The molecule has 0 aliphatic carbocycles. The van der Waals surface area contributed by atoms with E-state index in [0.717, 1.165) is 10.9 Å². The van der Waals surface area contributed by atoms with Gasteiger partial charge >= 0.3 is 0 Å². The van der Waals surface area contributed by atoms with Gasteiger partial charge in [-0.1, -0.05) is 0 Å². The van der Waals surface area contributed by atoms with Crippen molar-refractivity contribution in [1.82, 2.24) is 19.6 Å². The van der Waals surface area contributed by atoms with Crippen LogP contribution in [0.3, 0.4) is 0 Å². The van der Waals surface area contributed by atoms with Crippen LogP contribution in [0.25, 0.3) is 10.9 Å². The number of aliphatic hydroxyl groups excluding tert-OH is 1. The zero-order valence-electron chi connectivity index (χ0n) is 15.6. The van der Waals surface area contributed by atoms with Crippen molar-refractivity contribution in [3.63, 3.8) is 0 Å². The van der Waals surface area contributed by atoms with Gasteiger partial charge in [-0.25, -0.2) is 0 Å². The molecule has 0 saturated carbocycles. The molecule has 1 atom stereocenters. The normalized spacial score (nSPS) is 17.6. The quantitative estimate of drug-likeness (QED) is 0.619. The number of aromatic nitrogens is 2. The molecule has 3 rings (SSSR count). The van der Waals surface area contributed by atoms with E-state index in [1.165, 1.54) is 0 Å². The standard InChI is InChI=1S/C18H27N5O3/c1-18(2,3)26-17(25)22-8-6-21(7-9-22)16(24)12-23-15-5-4-14(19)10-13(15)11-20-23/h4-5,10-11,17,25H,6-9,12,19H2,1-3H3. The average Bonchev–Trinajstić information content (AvgIpc) is 2.95. The SMILES string of the molecule is CC(C)(C)OC(O)N1CCN(C(=O)Cn2ncc3cc(N)ccc32)CC1. The summed E-state index contributed by atoms with van der Waals surface area (Å²) >= 11 is 0. The molecule has 3 N–H and O–H groups in total. The molecule has 1 aliphatic heterocycles. The Bertz CT molecular complexity index is 775. The minimum atomic E-state index is -0.951. The van der Waals surface area contributed by atoms with Crippen LogP contribution in [-0.2, 0) is 16.1 Å². The molecule has 0 bridgehead atoms. The van der Waals surface area contributed by atoms with Crippen molar-refractivity contribution in [3.8, 4) is 0 Å². The van der Waals surface area contributed by atoms with E-state index in [1.54, 1.807) is 21.8 Å². The Labute approximate surface area is 153 Å². The molecule has 1 aliphatic rings. The summed E-state index contributed by atoms with van der Waals surface area (Å²) < 4.78 is 7.27. The van der Waals surface area contributed by atoms with Gasteiger partial charge in [-0.3, -0.25) is 14.4 Å². The molecule has 1 aromatic carbocycles. The van der Waals surface area contributed by atoms with E-state index in [1.807, 2.05) is 37.8 Å². The number of rotatable bonds is 4. The summed E-state index contributed by atoms with van der Waals surface area (Å²) in [6.45, 7) is 8.13. The Morgan fingerprint density at radius 2 is 2.00 bits per heavy atom. The number of carbonyl (C=O) groups excluding carboxylic acids is 1. The van der Waals surface area contributed by atoms with Crippen LogP contribution in [0.15, 0.2) is 24.4 Å². The smallest absolute Gasteiger partial charge is 0.244 e. The molecule has 1 unspecified atom stereocenters. The zero-order chi connectivity index (χ0) is 18.9. The fourth-order valence-corrected chi connectivity index (χ4v) is 3.04. The van der Waals surface area contributed by atoms with Gasteiger partial charge in [-0.15, -0.1) is 0 Å². The van der Waals surface area contributed by atoms with Crippen LogP contribution in [0.5, 0.6) is 0 Å². The molecule has 2 heterocycles. The van der Waals surface area contributed by atoms with Crippen LogP contribution in [-0.4, -0.2) is 68.8 Å². The summed E-state index contributed by atoms with van der Waals surface area (Å²) in [4.78, 5) is 16.2. The number of benzene rings is 1. The fraction of sp³-hybridized carbons (Fsp3) is 0.556. The molecule has 26 heavy (non-hydrogen) atoms. The number of piperazine rings is 1. The largest absolute Gasteiger partial charge is 0.399 e. The molecule has 0 spiro atoms. The monoisotopic (exact) mass is 361 g/mol. The first-order valence-corrected chi connectivity index (χ1v) is 8.82. The number of nitrogens with zero attached hydrogens (tertiary/aromatic N) is 4. The highest BCUT2D eigenvalue weighted by atomic mass is 16.6. The predicted molar refractivity (Wildman–Crippen MR) is 99.1 cm³/mol. The van der Waals surface area contributed by atoms with Gasteiger partial charge in [0.1, 0.15) is 6.54 Å². The molecule has 142 valence electrons. The number of amides is 1. The number of nitrogen functional groups attached to an aromatic ring is 1. The Hall–Kier alpha value is -2.16. The Kier molecular flexibility index (Phi) is 5.17. The van der Waals surface area contributed by atoms with Crippen LogP contribution in [0, 0.1) is 0 Å². The second kappa shape index (κ2) is 7.22. The molecule has 1 aromatic heterocycles. The van der Waals surface area contributed by atoms with Gasteiger partial charge in [0, 0.05) is 37.3 Å². The minimum Gasteiger partial charge on any atom is -0.399 e. The Morgan fingerprint density at radius 1 is 1.31 bits per heavy atom. The second-order valence-corrected chi connectivity index (χ2v) is 7.59. The number of hydrogen-bond acceptors (Lipinski definition) is 6. The summed E-state index contributed by atoms with van der Waals surface area (Å²) in [5.74, 6) is 0.0118. The van der Waals surface area contributed by atoms with Crippen molar-refractivity contribution in [2.75, 3.05) is 31.9 Å². The minimum absolute atomic E-state index is 0.0118. The van der Waals surface area contributed by atoms with E-state index >= 15 is 0 Å². The van der Waals surface area contributed by atoms with E-state index in [0.29, 0.717) is 31.9 Å². The summed E-state index contributed by atoms with van der Waals surface area (Å²) in [7, 11) is 0. The van der Waals surface area contributed by atoms with E-state index in [-0.39, 0.29) is 12.5 Å². The summed E-state index contributed by atoms with van der Waals surface area (Å²) in [6.07, 6.45) is 0.768. The second-order valence-electron chi connectivity index (χ2n) is 7.59. The number of hydrogen-bond donors (Lipinski definition) is 2. The van der Waals surface area contributed by atoms with Gasteiger partial charge in [0.05, 0.1) is 17.3 Å². The van der Waals surface area contributed by atoms with Gasteiger partial charge in [-0.05, 0) is 39.0 Å². The van der Waals surface area contributed by atoms with Crippen LogP contribution in [0.4, 0.5) is 5.69 Å². The highest BCUT2D eigenvalue weighted by Gasteiger charge is 2.28. The van der Waals surface area contributed by atoms with Crippen molar-refractivity contribution in [3.05, 3.63) is 24.4 Å². The van der Waals surface area contributed by atoms with Crippen molar-refractivity contribution in [2.24, 2.45) is 0 Å². The first kappa shape index (κ1) is 18.6. The van der Waals surface area contributed by atoms with Gasteiger partial charge in [0.2, 0.25) is 12.3 Å². The maximum absolute atomic E-state index is 12.6. The Balaban J connectivity index is 1.57. The Morgan fingerprint density at radius 3 is 2.65 bits per heavy atom. The van der Waals surface area contributed by atoms with Crippen LogP contribution in [0.1, 0.15) is 20.8 Å². The van der Waals surface area contributed by atoms with E-state index in [2.05, 4.69) is 5.10 Å². The lowest BCUT2D eigenvalue weighted by Gasteiger charge is -2.38. The van der Waals surface area contributed by atoms with E-state index in [9.17, 15) is 9.90 Å². The average molecular weight is 361 g/mol. The van der Waals surface area contributed by atoms with Crippen molar-refractivity contribution >= 4 is 22.5 Å². The highest BCUT2D eigenvalue weighted by Crippen LogP contribution is 2.18. The topological polar surface area (TPSA) is 96.9 Å². The molecule has 1 amide bonds. The molecular formula is C18H27N5O3. The lowest BCUT2D eigenvalue weighted by Crippen LogP contribution is -2.54. The van der Waals surface area contributed by atoms with Gasteiger partial charge in [0.25, 0.3) is 0 Å². The van der Waals surface area contributed by atoms with Crippen molar-refractivity contribution in [1.29, 1.82) is 0 Å². The van der Waals surface area contributed by atoms with Gasteiger partial charge in [0.15, 0.2) is 0 Å². The molecule has 8 nitrogen and oxygen atoms in total. The molecular weight excluding hydrogens is 334 g/mol. The van der Waals surface area contributed by atoms with Crippen molar-refractivity contribution in [2.45, 2.75) is 39.3 Å². The lowest BCUT2D eigenvalue weighted by molar-refractivity contribution is -0.243. The number of nitrogens with two attached hydrogens (primary N) is 1. The molecule has 8 heteroatoms. The molecule has 0 radical (unpaired) electrons. The number of fused-ring (bicyclic) bond motifs is 1. The lowest BCUT2D eigenvalue weighted by atomic mass is 10.2. The first-order valence-electron chi connectivity index (χ1n) is 8.82. The maximum atomic E-state index is 12.6. The van der Waals surface area contributed by atoms with Crippen LogP contribution < -0.4 is 5.73 Å². The molecule has 2 aromatic rings. The number of aliphatic hydroxyl groups is 1. The highest BCUT2D eigenvalue weighted by molar-refractivity contribution is 5.84. The summed E-state index contributed by atoms with van der Waals surface area (Å²) in [5, 5.41) is 15.4. The van der Waals surface area contributed by atoms with E-state index in [4.69, 9.17) is 10.5 Å². The van der Waals surface area contributed by atoms with Gasteiger partial charge in [-0.2, -0.15) is 5.10 Å². The van der Waals surface area contributed by atoms with Gasteiger partial charge < -0.3 is 20.5 Å². The summed E-state index contributed by atoms with van der Waals surface area (Å²) in [5.41, 5.74) is 6.93. The number of ether oxygens (including phenoxy) is 1. The maximum Gasteiger partial charge on any atom is 0.244 e. The first-order chi connectivity index (χ1) is 12.2. The fourth-order valence-electron chi connectivity index (χ4n) is 3.04. The van der Waals surface area contributed by atoms with Crippen LogP contribution >= 0.6 is 0 Å². The van der Waals surface area contributed by atoms with Crippen LogP contribution in [0.2, 0.25) is 0 Å². The summed E-state index contributed by atoms with van der Waals surface area (Å²) in [6, 6.07) is 5.53. The third kappa shape index (κ3) is 4.32. The zero-order valence-corrected chi connectivity index (χ0v) is 15.6.